The Morgan fingerprint density at radius 3 is 2.18 bits per heavy atom. The van der Waals surface area contributed by atoms with Gasteiger partial charge in [-0.05, 0) is 42.5 Å². The van der Waals surface area contributed by atoms with E-state index in [-0.39, 0.29) is 0 Å². The van der Waals surface area contributed by atoms with Crippen LogP contribution in [0.4, 0.5) is 17.1 Å². The third-order valence-electron chi connectivity index (χ3n) is 4.05. The Balaban J connectivity index is 1.66. The predicted octanol–water partition coefficient (Wildman–Crippen LogP) is 3.26. The van der Waals surface area contributed by atoms with Gasteiger partial charge in [0.05, 0.1) is 18.5 Å². The molecule has 0 aromatic heterocycles. The van der Waals surface area contributed by atoms with Crippen LogP contribution in [0.3, 0.4) is 0 Å². The number of ether oxygens (including phenoxy) is 1. The molecule has 0 spiro atoms. The third kappa shape index (κ3) is 3.07. The van der Waals surface area contributed by atoms with Crippen molar-refractivity contribution in [1.82, 2.24) is 0 Å². The first-order valence-electron chi connectivity index (χ1n) is 7.36. The minimum absolute atomic E-state index is 0.679. The van der Waals surface area contributed by atoms with Crippen LogP contribution in [-0.2, 0) is 0 Å². The second-order valence-corrected chi connectivity index (χ2v) is 5.81. The van der Waals surface area contributed by atoms with Crippen molar-refractivity contribution in [2.45, 2.75) is 0 Å². The van der Waals surface area contributed by atoms with E-state index in [9.17, 15) is 0 Å². The van der Waals surface area contributed by atoms with Gasteiger partial charge < -0.3 is 20.3 Å². The highest BCUT2D eigenvalue weighted by molar-refractivity contribution is 6.31. The minimum atomic E-state index is 0.679. The van der Waals surface area contributed by atoms with E-state index in [1.807, 2.05) is 30.3 Å². The molecule has 0 radical (unpaired) electrons. The van der Waals surface area contributed by atoms with Gasteiger partial charge in [-0.25, -0.2) is 0 Å². The van der Waals surface area contributed by atoms with E-state index >= 15 is 0 Å². The third-order valence-corrected chi connectivity index (χ3v) is 4.28. The molecule has 2 aromatic rings. The van der Waals surface area contributed by atoms with E-state index in [2.05, 4.69) is 21.9 Å². The van der Waals surface area contributed by atoms with Crippen LogP contribution in [0, 0.1) is 0 Å². The number of halogens is 1. The maximum Gasteiger partial charge on any atom is 0.119 e. The molecule has 1 heterocycles. The maximum absolute atomic E-state index is 6.08. The van der Waals surface area contributed by atoms with Crippen molar-refractivity contribution in [2.24, 2.45) is 0 Å². The second kappa shape index (κ2) is 6.36. The second-order valence-electron chi connectivity index (χ2n) is 5.38. The van der Waals surface area contributed by atoms with Gasteiger partial charge in [0.25, 0.3) is 0 Å². The van der Waals surface area contributed by atoms with E-state index in [1.54, 1.807) is 7.11 Å². The molecule has 2 aromatic carbocycles. The van der Waals surface area contributed by atoms with Gasteiger partial charge in [0.2, 0.25) is 0 Å². The molecule has 1 saturated heterocycles. The summed E-state index contributed by atoms with van der Waals surface area (Å²) in [4.78, 5) is 4.69. The molecule has 5 heteroatoms. The number of nitrogen functional groups attached to an aromatic ring is 1. The normalized spacial score (nSPS) is 15.0. The first-order valence-corrected chi connectivity index (χ1v) is 7.74. The van der Waals surface area contributed by atoms with Crippen molar-refractivity contribution >= 4 is 28.7 Å². The minimum Gasteiger partial charge on any atom is -0.497 e. The van der Waals surface area contributed by atoms with Gasteiger partial charge in [-0.2, -0.15) is 0 Å². The van der Waals surface area contributed by atoms with Crippen LogP contribution in [0.2, 0.25) is 5.02 Å². The van der Waals surface area contributed by atoms with Gasteiger partial charge in [-0.15, -0.1) is 0 Å². The zero-order valence-electron chi connectivity index (χ0n) is 12.6. The molecule has 1 aliphatic heterocycles. The highest BCUT2D eigenvalue weighted by Gasteiger charge is 2.19. The summed E-state index contributed by atoms with van der Waals surface area (Å²) in [5.41, 5.74) is 9.11. The van der Waals surface area contributed by atoms with Crippen LogP contribution in [-0.4, -0.2) is 33.3 Å². The molecule has 0 atom stereocenters. The molecule has 0 bridgehead atoms. The van der Waals surface area contributed by atoms with Crippen molar-refractivity contribution in [3.8, 4) is 5.75 Å². The van der Waals surface area contributed by atoms with Gasteiger partial charge in [-0.3, -0.25) is 0 Å². The molecule has 0 aliphatic carbocycles. The van der Waals surface area contributed by atoms with Gasteiger partial charge in [0, 0.05) is 36.9 Å². The molecule has 1 aliphatic rings. The molecular weight excluding hydrogens is 298 g/mol. The standard InChI is InChI=1S/C17H20ClN3O/c1-22-15-5-3-14(4-6-15)20-8-10-21(11-9-20)17-7-2-13(18)12-16(17)19/h2-7,12H,8-11,19H2,1H3. The van der Waals surface area contributed by atoms with Gasteiger partial charge >= 0.3 is 0 Å². The molecule has 0 amide bonds. The Morgan fingerprint density at radius 2 is 1.59 bits per heavy atom. The van der Waals surface area contributed by atoms with Gasteiger partial charge in [0.1, 0.15) is 5.75 Å². The Kier molecular flexibility index (Phi) is 4.29. The van der Waals surface area contributed by atoms with E-state index in [0.29, 0.717) is 5.02 Å². The number of benzene rings is 2. The topological polar surface area (TPSA) is 41.7 Å². The quantitative estimate of drug-likeness (QED) is 0.882. The predicted molar refractivity (Wildman–Crippen MR) is 93.3 cm³/mol. The summed E-state index contributed by atoms with van der Waals surface area (Å²) >= 11 is 5.97. The van der Waals surface area contributed by atoms with Crippen LogP contribution >= 0.6 is 11.6 Å². The smallest absolute Gasteiger partial charge is 0.119 e. The fourth-order valence-electron chi connectivity index (χ4n) is 2.81. The summed E-state index contributed by atoms with van der Waals surface area (Å²) in [6.45, 7) is 3.82. The summed E-state index contributed by atoms with van der Waals surface area (Å²) in [5, 5.41) is 0.679. The lowest BCUT2D eigenvalue weighted by atomic mass is 10.2. The molecule has 3 rings (SSSR count). The number of methoxy groups -OCH3 is 1. The van der Waals surface area contributed by atoms with Crippen molar-refractivity contribution in [2.75, 3.05) is 48.8 Å². The molecule has 0 saturated carbocycles. The summed E-state index contributed by atoms with van der Waals surface area (Å²) in [6.07, 6.45) is 0. The van der Waals surface area contributed by atoms with Gasteiger partial charge in [-0.1, -0.05) is 11.6 Å². The number of hydrogen-bond acceptors (Lipinski definition) is 4. The average molecular weight is 318 g/mol. The molecule has 1 fully saturated rings. The lowest BCUT2D eigenvalue weighted by molar-refractivity contribution is 0.415. The zero-order valence-corrected chi connectivity index (χ0v) is 13.4. The lowest BCUT2D eigenvalue weighted by Crippen LogP contribution is -2.46. The number of hydrogen-bond donors (Lipinski definition) is 1. The van der Waals surface area contributed by atoms with Crippen LogP contribution in [0.5, 0.6) is 5.75 Å². The highest BCUT2D eigenvalue weighted by Crippen LogP contribution is 2.28. The van der Waals surface area contributed by atoms with Crippen molar-refractivity contribution in [3.63, 3.8) is 0 Å². The Hall–Kier alpha value is -2.07. The fraction of sp³-hybridized carbons (Fsp3) is 0.294. The fourth-order valence-corrected chi connectivity index (χ4v) is 2.99. The molecule has 2 N–H and O–H groups in total. The summed E-state index contributed by atoms with van der Waals surface area (Å²) in [5.74, 6) is 0.885. The number of piperazine rings is 1. The largest absolute Gasteiger partial charge is 0.497 e. The highest BCUT2D eigenvalue weighted by atomic mass is 35.5. The van der Waals surface area contributed by atoms with Crippen molar-refractivity contribution in [1.29, 1.82) is 0 Å². The molecule has 4 nitrogen and oxygen atoms in total. The molecular formula is C17H20ClN3O. The van der Waals surface area contributed by atoms with Crippen LogP contribution in [0.15, 0.2) is 42.5 Å². The average Bonchev–Trinajstić information content (AvgIpc) is 2.55. The van der Waals surface area contributed by atoms with E-state index < -0.39 is 0 Å². The molecule has 0 unspecified atom stereocenters. The van der Waals surface area contributed by atoms with Crippen LogP contribution < -0.4 is 20.3 Å². The molecule has 22 heavy (non-hydrogen) atoms. The van der Waals surface area contributed by atoms with E-state index in [1.165, 1.54) is 5.69 Å². The zero-order chi connectivity index (χ0) is 15.5. The van der Waals surface area contributed by atoms with Crippen LogP contribution in [0.1, 0.15) is 0 Å². The number of rotatable bonds is 3. The monoisotopic (exact) mass is 317 g/mol. The number of nitrogens with two attached hydrogens (primary N) is 1. The first kappa shape index (κ1) is 14.9. The van der Waals surface area contributed by atoms with Gasteiger partial charge in [0.15, 0.2) is 0 Å². The Bertz CT molecular complexity index is 637. The SMILES string of the molecule is COc1ccc(N2CCN(c3ccc(Cl)cc3N)CC2)cc1. The van der Waals surface area contributed by atoms with Crippen LogP contribution in [0.25, 0.3) is 0 Å². The summed E-state index contributed by atoms with van der Waals surface area (Å²) < 4.78 is 5.20. The van der Waals surface area contributed by atoms with Crippen molar-refractivity contribution in [3.05, 3.63) is 47.5 Å². The maximum atomic E-state index is 6.08. The van der Waals surface area contributed by atoms with Crippen molar-refractivity contribution < 1.29 is 4.74 Å². The number of anilines is 3. The van der Waals surface area contributed by atoms with E-state index in [0.717, 1.165) is 43.3 Å². The Labute approximate surface area is 136 Å². The summed E-state index contributed by atoms with van der Waals surface area (Å²) in [7, 11) is 1.68. The molecule has 116 valence electrons. The first-order chi connectivity index (χ1) is 10.7. The number of nitrogens with zero attached hydrogens (tertiary/aromatic N) is 2. The lowest BCUT2D eigenvalue weighted by Gasteiger charge is -2.37. The summed E-state index contributed by atoms with van der Waals surface area (Å²) in [6, 6.07) is 13.9. The van der Waals surface area contributed by atoms with E-state index in [4.69, 9.17) is 22.1 Å². The Morgan fingerprint density at radius 1 is 0.955 bits per heavy atom.